The summed E-state index contributed by atoms with van der Waals surface area (Å²) in [4.78, 5) is 8.32. The summed E-state index contributed by atoms with van der Waals surface area (Å²) in [5, 5.41) is 3.05. The number of nitrogens with zero attached hydrogens (tertiary/aromatic N) is 2. The van der Waals surface area contributed by atoms with Crippen LogP contribution >= 0.6 is 0 Å². The number of anilines is 1. The highest BCUT2D eigenvalue weighted by atomic mass is 16.5. The fourth-order valence-corrected chi connectivity index (χ4v) is 1.43. The van der Waals surface area contributed by atoms with E-state index in [2.05, 4.69) is 22.2 Å². The number of nitrogens with one attached hydrogen (secondary N) is 1. The molecule has 1 N–H and O–H groups in total. The molecule has 5 nitrogen and oxygen atoms in total. The van der Waals surface area contributed by atoms with E-state index >= 15 is 0 Å². The van der Waals surface area contributed by atoms with Gasteiger partial charge in [0.2, 0.25) is 5.88 Å². The van der Waals surface area contributed by atoms with Gasteiger partial charge in [0.05, 0.1) is 12.2 Å². The molecule has 1 rings (SSSR count). The maximum absolute atomic E-state index is 5.56. The first-order valence-electron chi connectivity index (χ1n) is 5.46. The second-order valence-electron chi connectivity index (χ2n) is 3.35. The van der Waals surface area contributed by atoms with Gasteiger partial charge in [-0.3, -0.25) is 0 Å². The van der Waals surface area contributed by atoms with Gasteiger partial charge in [0.25, 0.3) is 0 Å². The molecule has 1 heterocycles. The van der Waals surface area contributed by atoms with Crippen LogP contribution in [0.25, 0.3) is 0 Å². The molecule has 90 valence electrons. The van der Waals surface area contributed by atoms with Crippen LogP contribution in [-0.2, 0) is 11.2 Å². The van der Waals surface area contributed by atoms with Crippen molar-refractivity contribution in [2.75, 3.05) is 32.7 Å². The summed E-state index contributed by atoms with van der Waals surface area (Å²) in [6, 6.07) is 0. The van der Waals surface area contributed by atoms with E-state index in [1.165, 1.54) is 6.33 Å². The molecule has 0 aliphatic rings. The molecule has 0 unspecified atom stereocenters. The summed E-state index contributed by atoms with van der Waals surface area (Å²) in [6.07, 6.45) is 3.44. The molecule has 1 aromatic heterocycles. The Hall–Kier alpha value is -1.36. The van der Waals surface area contributed by atoms with Gasteiger partial charge in [-0.05, 0) is 6.42 Å². The van der Waals surface area contributed by atoms with E-state index in [-0.39, 0.29) is 0 Å². The molecule has 0 spiro atoms. The van der Waals surface area contributed by atoms with Crippen molar-refractivity contribution in [3.05, 3.63) is 11.9 Å². The summed E-state index contributed by atoms with van der Waals surface area (Å²) in [6.45, 7) is 3.18. The van der Waals surface area contributed by atoms with Gasteiger partial charge in [-0.2, -0.15) is 0 Å². The molecule has 0 amide bonds. The highest BCUT2D eigenvalue weighted by Crippen LogP contribution is 2.22. The zero-order valence-corrected chi connectivity index (χ0v) is 10.1. The molecule has 0 atom stereocenters. The molecule has 0 fully saturated rings. The molecule has 0 bridgehead atoms. The third kappa shape index (κ3) is 3.34. The zero-order valence-electron chi connectivity index (χ0n) is 10.1. The molecule has 0 aliphatic carbocycles. The van der Waals surface area contributed by atoms with Gasteiger partial charge < -0.3 is 14.8 Å². The zero-order chi connectivity index (χ0) is 11.8. The lowest BCUT2D eigenvalue weighted by Gasteiger charge is -2.12. The van der Waals surface area contributed by atoms with Gasteiger partial charge in [-0.25, -0.2) is 9.97 Å². The summed E-state index contributed by atoms with van der Waals surface area (Å²) in [7, 11) is 3.50. The van der Waals surface area contributed by atoms with Crippen LogP contribution in [0.4, 0.5) is 5.82 Å². The lowest BCUT2D eigenvalue weighted by molar-refractivity contribution is 0.143. The first kappa shape index (κ1) is 12.7. The van der Waals surface area contributed by atoms with Crippen molar-refractivity contribution in [2.45, 2.75) is 19.8 Å². The van der Waals surface area contributed by atoms with Crippen LogP contribution < -0.4 is 10.1 Å². The Balaban J connectivity index is 2.79. The van der Waals surface area contributed by atoms with Crippen molar-refractivity contribution in [1.82, 2.24) is 9.97 Å². The summed E-state index contributed by atoms with van der Waals surface area (Å²) < 4.78 is 10.5. The second-order valence-corrected chi connectivity index (χ2v) is 3.35. The van der Waals surface area contributed by atoms with Crippen LogP contribution in [0.1, 0.15) is 18.9 Å². The Kier molecular flexibility index (Phi) is 5.56. The third-order valence-corrected chi connectivity index (χ3v) is 2.17. The third-order valence-electron chi connectivity index (χ3n) is 2.17. The highest BCUT2D eigenvalue weighted by molar-refractivity contribution is 5.48. The van der Waals surface area contributed by atoms with Crippen LogP contribution in [-0.4, -0.2) is 37.3 Å². The number of aromatic nitrogens is 2. The van der Waals surface area contributed by atoms with Crippen LogP contribution in [0, 0.1) is 0 Å². The Labute approximate surface area is 96.2 Å². The number of hydrogen-bond donors (Lipinski definition) is 1. The van der Waals surface area contributed by atoms with Crippen LogP contribution in [0.2, 0.25) is 0 Å². The molecular formula is C11H19N3O2. The maximum atomic E-state index is 5.56. The number of rotatable bonds is 7. The lowest BCUT2D eigenvalue weighted by atomic mass is 10.2. The maximum Gasteiger partial charge on any atom is 0.221 e. The number of ether oxygens (including phenoxy) is 2. The lowest BCUT2D eigenvalue weighted by Crippen LogP contribution is -2.09. The van der Waals surface area contributed by atoms with Crippen molar-refractivity contribution < 1.29 is 9.47 Å². The normalized spacial score (nSPS) is 10.2. The number of hydrogen-bond acceptors (Lipinski definition) is 5. The molecule has 5 heteroatoms. The van der Waals surface area contributed by atoms with Gasteiger partial charge in [0, 0.05) is 14.2 Å². The monoisotopic (exact) mass is 225 g/mol. The van der Waals surface area contributed by atoms with Crippen LogP contribution in [0.5, 0.6) is 5.88 Å². The van der Waals surface area contributed by atoms with Gasteiger partial charge in [-0.15, -0.1) is 0 Å². The molecule has 0 saturated carbocycles. The van der Waals surface area contributed by atoms with E-state index in [4.69, 9.17) is 9.47 Å². The molecule has 1 aromatic rings. The van der Waals surface area contributed by atoms with E-state index in [1.807, 2.05) is 7.05 Å². The standard InChI is InChI=1S/C11H19N3O2/c1-4-5-9-10(12-2)13-8-14-11(9)16-7-6-15-3/h8H,4-7H2,1-3H3,(H,12,13,14). The molecule has 0 aromatic carbocycles. The van der Waals surface area contributed by atoms with Gasteiger partial charge >= 0.3 is 0 Å². The minimum atomic E-state index is 0.507. The predicted molar refractivity (Wildman–Crippen MR) is 62.9 cm³/mol. The fourth-order valence-electron chi connectivity index (χ4n) is 1.43. The smallest absolute Gasteiger partial charge is 0.221 e. The number of methoxy groups -OCH3 is 1. The molecule has 0 aliphatic heterocycles. The topological polar surface area (TPSA) is 56.3 Å². The molecule has 0 saturated heterocycles. The van der Waals surface area contributed by atoms with Crippen molar-refractivity contribution in [1.29, 1.82) is 0 Å². The van der Waals surface area contributed by atoms with E-state index < -0.39 is 0 Å². The van der Waals surface area contributed by atoms with E-state index in [9.17, 15) is 0 Å². The van der Waals surface area contributed by atoms with Crippen LogP contribution in [0.3, 0.4) is 0 Å². The Morgan fingerprint density at radius 1 is 1.31 bits per heavy atom. The van der Waals surface area contributed by atoms with Gasteiger partial charge in [0.1, 0.15) is 18.8 Å². The molecular weight excluding hydrogens is 206 g/mol. The minimum absolute atomic E-state index is 0.507. The van der Waals surface area contributed by atoms with Crippen molar-refractivity contribution >= 4 is 5.82 Å². The Bertz CT molecular complexity index is 318. The summed E-state index contributed by atoms with van der Waals surface area (Å²) >= 11 is 0. The quantitative estimate of drug-likeness (QED) is 0.713. The SMILES string of the molecule is CCCc1c(NC)ncnc1OCCOC. The van der Waals surface area contributed by atoms with Crippen LogP contribution in [0.15, 0.2) is 6.33 Å². The van der Waals surface area contributed by atoms with Gasteiger partial charge in [-0.1, -0.05) is 13.3 Å². The van der Waals surface area contributed by atoms with E-state index in [1.54, 1.807) is 7.11 Å². The average molecular weight is 225 g/mol. The average Bonchev–Trinajstić information content (AvgIpc) is 2.31. The van der Waals surface area contributed by atoms with Gasteiger partial charge in [0.15, 0.2) is 0 Å². The first-order chi connectivity index (χ1) is 7.83. The summed E-state index contributed by atoms with van der Waals surface area (Å²) in [5.41, 5.74) is 1.03. The van der Waals surface area contributed by atoms with E-state index in [0.717, 1.165) is 24.2 Å². The Morgan fingerprint density at radius 2 is 2.12 bits per heavy atom. The Morgan fingerprint density at radius 3 is 2.75 bits per heavy atom. The molecule has 16 heavy (non-hydrogen) atoms. The highest BCUT2D eigenvalue weighted by Gasteiger charge is 2.10. The van der Waals surface area contributed by atoms with Crippen molar-refractivity contribution in [3.63, 3.8) is 0 Å². The first-order valence-corrected chi connectivity index (χ1v) is 5.46. The predicted octanol–water partition coefficient (Wildman–Crippen LogP) is 1.50. The van der Waals surface area contributed by atoms with E-state index in [0.29, 0.717) is 19.1 Å². The fraction of sp³-hybridized carbons (Fsp3) is 0.636. The minimum Gasteiger partial charge on any atom is -0.475 e. The van der Waals surface area contributed by atoms with Crippen molar-refractivity contribution in [3.8, 4) is 5.88 Å². The largest absolute Gasteiger partial charge is 0.475 e. The van der Waals surface area contributed by atoms with Crippen molar-refractivity contribution in [2.24, 2.45) is 0 Å². The second kappa shape index (κ2) is 7.00. The summed E-state index contributed by atoms with van der Waals surface area (Å²) in [5.74, 6) is 1.49. The molecule has 0 radical (unpaired) electrons.